The van der Waals surface area contributed by atoms with Gasteiger partial charge in [-0.1, -0.05) is 54.6 Å². The zero-order chi connectivity index (χ0) is 24.8. The number of rotatable bonds is 9. The molecule has 0 spiro atoms. The molecular weight excluding hydrogens is 445 g/mol. The minimum atomic E-state index is -1.81. The summed E-state index contributed by atoms with van der Waals surface area (Å²) in [4.78, 5) is 29.9. The average Bonchev–Trinajstić information content (AvgIpc) is 3.29. The summed E-state index contributed by atoms with van der Waals surface area (Å²) in [6, 6.07) is 22.6. The second-order valence-corrected chi connectivity index (χ2v) is 8.31. The standard InChI is InChI=1S/C26H26BN3O5/c1-17(25(31)28-15-20-10-7-12-22(29-20)18-8-3-2-4-9-18)26(32)30-24(27(33)34)14-19-16-35-23-13-6-5-11-21(19)23/h2-13,16-17,24,33-34H,14-15H2,1H3,(H,28,31)(H,30,32)/t17?,24-/m0/s1. The van der Waals surface area contributed by atoms with Crippen molar-refractivity contribution in [1.82, 2.24) is 15.6 Å². The van der Waals surface area contributed by atoms with E-state index in [-0.39, 0.29) is 13.0 Å². The van der Waals surface area contributed by atoms with Gasteiger partial charge >= 0.3 is 7.12 Å². The Kier molecular flexibility index (Phi) is 7.59. The van der Waals surface area contributed by atoms with Crippen molar-refractivity contribution < 1.29 is 24.1 Å². The number of carbonyl (C=O) groups is 2. The summed E-state index contributed by atoms with van der Waals surface area (Å²) in [7, 11) is -1.81. The molecule has 0 saturated carbocycles. The van der Waals surface area contributed by atoms with Gasteiger partial charge < -0.3 is 25.1 Å². The third-order valence-electron chi connectivity index (χ3n) is 5.80. The molecule has 35 heavy (non-hydrogen) atoms. The molecule has 8 nitrogen and oxygen atoms in total. The molecule has 178 valence electrons. The monoisotopic (exact) mass is 471 g/mol. The van der Waals surface area contributed by atoms with Gasteiger partial charge in [0.15, 0.2) is 0 Å². The largest absolute Gasteiger partial charge is 0.475 e. The number of amides is 2. The summed E-state index contributed by atoms with van der Waals surface area (Å²) in [5.41, 5.74) is 3.79. The molecule has 1 unspecified atom stereocenters. The van der Waals surface area contributed by atoms with E-state index >= 15 is 0 Å². The molecule has 4 rings (SSSR count). The summed E-state index contributed by atoms with van der Waals surface area (Å²) in [6.45, 7) is 1.62. The lowest BCUT2D eigenvalue weighted by Gasteiger charge is -2.20. The number of aromatic nitrogens is 1. The number of benzene rings is 2. The minimum Gasteiger partial charge on any atom is -0.464 e. The Balaban J connectivity index is 1.35. The van der Waals surface area contributed by atoms with Crippen LogP contribution in [0.2, 0.25) is 0 Å². The smallest absolute Gasteiger partial charge is 0.464 e. The molecule has 2 aromatic carbocycles. The fourth-order valence-electron chi connectivity index (χ4n) is 3.76. The maximum absolute atomic E-state index is 12.7. The third kappa shape index (κ3) is 5.95. The summed E-state index contributed by atoms with van der Waals surface area (Å²) < 4.78 is 5.48. The Morgan fingerprint density at radius 1 is 0.971 bits per heavy atom. The van der Waals surface area contributed by atoms with Crippen LogP contribution in [0.15, 0.2) is 83.5 Å². The Labute approximate surface area is 203 Å². The topological polar surface area (TPSA) is 125 Å². The zero-order valence-electron chi connectivity index (χ0n) is 19.2. The molecule has 0 aliphatic carbocycles. The van der Waals surface area contributed by atoms with E-state index in [0.717, 1.165) is 22.2 Å². The van der Waals surface area contributed by atoms with E-state index in [1.807, 2.05) is 60.7 Å². The molecule has 4 N–H and O–H groups in total. The van der Waals surface area contributed by atoms with Gasteiger partial charge in [0, 0.05) is 10.9 Å². The lowest BCUT2D eigenvalue weighted by Crippen LogP contribution is -2.51. The molecule has 0 saturated heterocycles. The number of carbonyl (C=O) groups excluding carboxylic acids is 2. The van der Waals surface area contributed by atoms with Gasteiger partial charge in [-0.3, -0.25) is 14.6 Å². The van der Waals surface area contributed by atoms with Gasteiger partial charge in [-0.15, -0.1) is 0 Å². The fraction of sp³-hybridized carbons (Fsp3) is 0.192. The van der Waals surface area contributed by atoms with Crippen molar-refractivity contribution in [2.75, 3.05) is 0 Å². The molecule has 0 aliphatic rings. The summed E-state index contributed by atoms with van der Waals surface area (Å²) in [5, 5.41) is 25.8. The van der Waals surface area contributed by atoms with Gasteiger partial charge in [0.05, 0.1) is 30.1 Å². The molecule has 2 amide bonds. The van der Waals surface area contributed by atoms with Crippen molar-refractivity contribution in [1.29, 1.82) is 0 Å². The molecule has 0 radical (unpaired) electrons. The van der Waals surface area contributed by atoms with E-state index < -0.39 is 30.8 Å². The highest BCUT2D eigenvalue weighted by Crippen LogP contribution is 2.22. The van der Waals surface area contributed by atoms with Crippen molar-refractivity contribution >= 4 is 29.9 Å². The molecule has 2 atom stereocenters. The maximum Gasteiger partial charge on any atom is 0.475 e. The van der Waals surface area contributed by atoms with Crippen LogP contribution in [-0.2, 0) is 22.6 Å². The molecule has 2 aromatic heterocycles. The van der Waals surface area contributed by atoms with Crippen LogP contribution in [0.25, 0.3) is 22.2 Å². The molecular formula is C26H26BN3O5. The number of nitrogens with zero attached hydrogens (tertiary/aromatic N) is 1. The number of pyridine rings is 1. The predicted octanol–water partition coefficient (Wildman–Crippen LogP) is 2.49. The van der Waals surface area contributed by atoms with E-state index in [9.17, 15) is 19.6 Å². The number of nitrogens with one attached hydrogen (secondary N) is 2. The normalized spacial score (nSPS) is 12.7. The van der Waals surface area contributed by atoms with Crippen LogP contribution in [0.1, 0.15) is 18.2 Å². The molecule has 4 aromatic rings. The first kappa shape index (κ1) is 24.2. The first-order chi connectivity index (χ1) is 16.9. The van der Waals surface area contributed by atoms with E-state index in [1.54, 1.807) is 12.1 Å². The Bertz CT molecular complexity index is 1310. The van der Waals surface area contributed by atoms with E-state index in [2.05, 4.69) is 15.6 Å². The van der Waals surface area contributed by atoms with Crippen molar-refractivity contribution in [3.8, 4) is 11.3 Å². The molecule has 0 bridgehead atoms. The predicted molar refractivity (Wildman–Crippen MR) is 133 cm³/mol. The minimum absolute atomic E-state index is 0.130. The van der Waals surface area contributed by atoms with Gasteiger partial charge in [0.1, 0.15) is 11.5 Å². The van der Waals surface area contributed by atoms with Crippen molar-refractivity contribution in [2.24, 2.45) is 5.92 Å². The fourth-order valence-corrected chi connectivity index (χ4v) is 3.76. The summed E-state index contributed by atoms with van der Waals surface area (Å²) in [5.74, 6) is -3.16. The van der Waals surface area contributed by atoms with Gasteiger partial charge in [-0.2, -0.15) is 0 Å². The van der Waals surface area contributed by atoms with Crippen LogP contribution in [-0.4, -0.2) is 39.9 Å². The number of fused-ring (bicyclic) bond motifs is 1. The molecule has 9 heteroatoms. The van der Waals surface area contributed by atoms with E-state index in [4.69, 9.17) is 4.42 Å². The molecule has 0 fully saturated rings. The van der Waals surface area contributed by atoms with Crippen molar-refractivity contribution in [2.45, 2.75) is 25.8 Å². The highest BCUT2D eigenvalue weighted by atomic mass is 16.4. The highest BCUT2D eigenvalue weighted by molar-refractivity contribution is 6.43. The zero-order valence-corrected chi connectivity index (χ0v) is 19.2. The van der Waals surface area contributed by atoms with Crippen molar-refractivity contribution in [3.63, 3.8) is 0 Å². The number of hydrogen-bond donors (Lipinski definition) is 4. The van der Waals surface area contributed by atoms with Gasteiger partial charge in [-0.05, 0) is 37.1 Å². The van der Waals surface area contributed by atoms with E-state index in [0.29, 0.717) is 11.3 Å². The summed E-state index contributed by atoms with van der Waals surface area (Å²) in [6.07, 6.45) is 1.66. The van der Waals surface area contributed by atoms with Crippen LogP contribution in [0.3, 0.4) is 0 Å². The Morgan fingerprint density at radius 2 is 1.71 bits per heavy atom. The quantitative estimate of drug-likeness (QED) is 0.220. The number of para-hydroxylation sites is 1. The third-order valence-corrected chi connectivity index (χ3v) is 5.80. The summed E-state index contributed by atoms with van der Waals surface area (Å²) >= 11 is 0. The SMILES string of the molecule is CC(C(=O)NCc1cccc(-c2ccccc2)n1)C(=O)N[C@@H](Cc1coc2ccccc12)B(O)O. The molecule has 2 heterocycles. The lowest BCUT2D eigenvalue weighted by molar-refractivity contribution is -0.134. The average molecular weight is 471 g/mol. The Hall–Kier alpha value is -3.95. The van der Waals surface area contributed by atoms with Gasteiger partial charge in [0.2, 0.25) is 11.8 Å². The lowest BCUT2D eigenvalue weighted by atomic mass is 9.75. The first-order valence-corrected chi connectivity index (χ1v) is 11.3. The van der Waals surface area contributed by atoms with E-state index in [1.165, 1.54) is 13.2 Å². The highest BCUT2D eigenvalue weighted by Gasteiger charge is 2.30. The number of hydrogen-bond acceptors (Lipinski definition) is 6. The Morgan fingerprint density at radius 3 is 2.49 bits per heavy atom. The molecule has 0 aliphatic heterocycles. The van der Waals surface area contributed by atoms with Gasteiger partial charge in [-0.25, -0.2) is 0 Å². The van der Waals surface area contributed by atoms with Crippen LogP contribution in [0, 0.1) is 5.92 Å². The second kappa shape index (κ2) is 11.0. The van der Waals surface area contributed by atoms with Crippen LogP contribution in [0.5, 0.6) is 0 Å². The van der Waals surface area contributed by atoms with Crippen LogP contribution in [0.4, 0.5) is 0 Å². The van der Waals surface area contributed by atoms with Crippen LogP contribution >= 0.6 is 0 Å². The second-order valence-electron chi connectivity index (χ2n) is 8.31. The van der Waals surface area contributed by atoms with Crippen LogP contribution < -0.4 is 10.6 Å². The first-order valence-electron chi connectivity index (χ1n) is 11.3. The maximum atomic E-state index is 12.7. The number of furan rings is 1. The van der Waals surface area contributed by atoms with Gasteiger partial charge in [0.25, 0.3) is 0 Å². The van der Waals surface area contributed by atoms with Crippen molar-refractivity contribution in [3.05, 3.63) is 90.3 Å².